The van der Waals surface area contributed by atoms with Gasteiger partial charge in [-0.15, -0.1) is 11.3 Å². The number of nitrogens with zero attached hydrogens (tertiary/aromatic N) is 3. The number of piperazine rings is 1. The summed E-state index contributed by atoms with van der Waals surface area (Å²) in [4.78, 5) is 9.62. The maximum absolute atomic E-state index is 5.90. The highest BCUT2D eigenvalue weighted by Crippen LogP contribution is 2.25. The lowest BCUT2D eigenvalue weighted by molar-refractivity contribution is 0.0879. The van der Waals surface area contributed by atoms with E-state index < -0.39 is 0 Å². The van der Waals surface area contributed by atoms with Crippen molar-refractivity contribution < 1.29 is 0 Å². The first kappa shape index (κ1) is 14.9. The van der Waals surface area contributed by atoms with E-state index in [9.17, 15) is 0 Å². The summed E-state index contributed by atoms with van der Waals surface area (Å²) in [7, 11) is 2.17. The van der Waals surface area contributed by atoms with E-state index in [2.05, 4.69) is 43.0 Å². The molecule has 1 unspecified atom stereocenters. The van der Waals surface area contributed by atoms with Crippen LogP contribution in [0.2, 0.25) is 0 Å². The van der Waals surface area contributed by atoms with E-state index in [-0.39, 0.29) is 5.41 Å². The molecule has 2 N–H and O–H groups in total. The summed E-state index contributed by atoms with van der Waals surface area (Å²) in [6, 6.07) is 0.459. The molecule has 0 saturated carbocycles. The third-order valence-corrected chi connectivity index (χ3v) is 4.57. The molecule has 1 saturated heterocycles. The van der Waals surface area contributed by atoms with E-state index in [1.165, 1.54) is 10.7 Å². The minimum atomic E-state index is 0.143. The second-order valence-corrected chi connectivity index (χ2v) is 7.44. The molecule has 1 aromatic rings. The summed E-state index contributed by atoms with van der Waals surface area (Å²) in [5.41, 5.74) is 7.24. The van der Waals surface area contributed by atoms with Gasteiger partial charge in [-0.25, -0.2) is 4.98 Å². The number of likely N-dealkylation sites (N-methyl/N-ethyl adjacent to an activating group) is 1. The van der Waals surface area contributed by atoms with Crippen molar-refractivity contribution in [2.45, 2.75) is 38.8 Å². The van der Waals surface area contributed by atoms with E-state index in [0.29, 0.717) is 6.04 Å². The highest BCUT2D eigenvalue weighted by atomic mass is 32.1. The Bertz CT molecular complexity index is 410. The van der Waals surface area contributed by atoms with Crippen LogP contribution in [-0.4, -0.2) is 54.1 Å². The lowest BCUT2D eigenvalue weighted by Crippen LogP contribution is -2.54. The Morgan fingerprint density at radius 1 is 1.42 bits per heavy atom. The van der Waals surface area contributed by atoms with Crippen LogP contribution in [0.3, 0.4) is 0 Å². The molecule has 1 aliphatic rings. The largest absolute Gasteiger partial charge is 0.329 e. The molecule has 19 heavy (non-hydrogen) atoms. The first-order chi connectivity index (χ1) is 8.90. The monoisotopic (exact) mass is 282 g/mol. The smallest absolute Gasteiger partial charge is 0.107 e. The third-order valence-electron chi connectivity index (χ3n) is 3.74. The van der Waals surface area contributed by atoms with E-state index in [1.807, 2.05) is 0 Å². The predicted octanol–water partition coefficient (Wildman–Crippen LogP) is 1.52. The molecule has 1 aromatic heterocycles. The molecular formula is C14H26N4S. The molecule has 0 aromatic carbocycles. The van der Waals surface area contributed by atoms with Gasteiger partial charge < -0.3 is 10.6 Å². The second-order valence-electron chi connectivity index (χ2n) is 6.50. The van der Waals surface area contributed by atoms with Gasteiger partial charge in [0.2, 0.25) is 0 Å². The zero-order chi connectivity index (χ0) is 14.0. The standard InChI is InChI=1S/C14H26N4S/c1-14(2,3)12-10-19-13(16-12)9-18-6-5-17(4)8-11(18)7-15/h10-11H,5-9,15H2,1-4H3. The molecule has 1 aliphatic heterocycles. The molecule has 0 spiro atoms. The Kier molecular flexibility index (Phi) is 4.61. The number of nitrogens with two attached hydrogens (primary N) is 1. The van der Waals surface area contributed by atoms with Crippen molar-refractivity contribution in [3.8, 4) is 0 Å². The minimum absolute atomic E-state index is 0.143. The number of thiazole rings is 1. The maximum Gasteiger partial charge on any atom is 0.107 e. The Hall–Kier alpha value is -0.490. The van der Waals surface area contributed by atoms with Crippen LogP contribution < -0.4 is 5.73 Å². The van der Waals surface area contributed by atoms with Crippen molar-refractivity contribution in [2.75, 3.05) is 33.2 Å². The number of hydrogen-bond acceptors (Lipinski definition) is 5. The third kappa shape index (κ3) is 3.75. The van der Waals surface area contributed by atoms with Gasteiger partial charge in [-0.2, -0.15) is 0 Å². The zero-order valence-electron chi connectivity index (χ0n) is 12.5. The lowest BCUT2D eigenvalue weighted by atomic mass is 9.93. The maximum atomic E-state index is 5.90. The van der Waals surface area contributed by atoms with Gasteiger partial charge in [0, 0.05) is 43.0 Å². The van der Waals surface area contributed by atoms with Crippen LogP contribution in [0.5, 0.6) is 0 Å². The van der Waals surface area contributed by atoms with E-state index in [4.69, 9.17) is 10.7 Å². The average molecular weight is 282 g/mol. The fourth-order valence-corrected chi connectivity index (χ4v) is 3.43. The molecular weight excluding hydrogens is 256 g/mol. The SMILES string of the molecule is CN1CCN(Cc2nc(C(C)(C)C)cs2)C(CN)C1. The van der Waals surface area contributed by atoms with Crippen LogP contribution in [0.4, 0.5) is 0 Å². The van der Waals surface area contributed by atoms with Gasteiger partial charge in [-0.3, -0.25) is 4.90 Å². The van der Waals surface area contributed by atoms with Gasteiger partial charge in [0.05, 0.1) is 12.2 Å². The fraction of sp³-hybridized carbons (Fsp3) is 0.786. The topological polar surface area (TPSA) is 45.4 Å². The molecule has 108 valence electrons. The molecule has 0 aliphatic carbocycles. The van der Waals surface area contributed by atoms with Crippen molar-refractivity contribution in [3.63, 3.8) is 0 Å². The summed E-state index contributed by atoms with van der Waals surface area (Å²) < 4.78 is 0. The van der Waals surface area contributed by atoms with Crippen LogP contribution in [0.15, 0.2) is 5.38 Å². The van der Waals surface area contributed by atoms with E-state index >= 15 is 0 Å². The first-order valence-corrected chi connectivity index (χ1v) is 7.85. The van der Waals surface area contributed by atoms with Gasteiger partial charge in [-0.05, 0) is 7.05 Å². The zero-order valence-corrected chi connectivity index (χ0v) is 13.3. The Morgan fingerprint density at radius 3 is 2.74 bits per heavy atom. The van der Waals surface area contributed by atoms with Gasteiger partial charge in [0.1, 0.15) is 5.01 Å². The van der Waals surface area contributed by atoms with Crippen molar-refractivity contribution >= 4 is 11.3 Å². The summed E-state index contributed by atoms with van der Waals surface area (Å²) in [5.74, 6) is 0. The van der Waals surface area contributed by atoms with Crippen molar-refractivity contribution in [3.05, 3.63) is 16.1 Å². The Morgan fingerprint density at radius 2 is 2.16 bits per heavy atom. The minimum Gasteiger partial charge on any atom is -0.329 e. The van der Waals surface area contributed by atoms with E-state index in [1.54, 1.807) is 11.3 Å². The fourth-order valence-electron chi connectivity index (χ4n) is 2.38. The van der Waals surface area contributed by atoms with Crippen LogP contribution in [-0.2, 0) is 12.0 Å². The Balaban J connectivity index is 2.02. The Labute approximate surface area is 120 Å². The summed E-state index contributed by atoms with van der Waals surface area (Å²) >= 11 is 1.78. The van der Waals surface area contributed by atoms with Crippen LogP contribution in [0.1, 0.15) is 31.5 Å². The normalized spacial score (nSPS) is 22.9. The number of rotatable bonds is 3. The first-order valence-electron chi connectivity index (χ1n) is 6.97. The summed E-state index contributed by atoms with van der Waals surface area (Å²) in [6.07, 6.45) is 0. The van der Waals surface area contributed by atoms with E-state index in [0.717, 1.165) is 32.7 Å². The van der Waals surface area contributed by atoms with Gasteiger partial charge in [-0.1, -0.05) is 20.8 Å². The second kappa shape index (κ2) is 5.87. The van der Waals surface area contributed by atoms with Gasteiger partial charge >= 0.3 is 0 Å². The van der Waals surface area contributed by atoms with Crippen molar-refractivity contribution in [2.24, 2.45) is 5.73 Å². The molecule has 1 fully saturated rings. The molecule has 4 nitrogen and oxygen atoms in total. The molecule has 0 amide bonds. The number of aromatic nitrogens is 1. The van der Waals surface area contributed by atoms with Crippen molar-refractivity contribution in [1.82, 2.24) is 14.8 Å². The summed E-state index contributed by atoms with van der Waals surface area (Å²) in [5, 5.41) is 3.41. The molecule has 5 heteroatoms. The molecule has 0 radical (unpaired) electrons. The lowest BCUT2D eigenvalue weighted by Gasteiger charge is -2.39. The molecule has 2 rings (SSSR count). The quantitative estimate of drug-likeness (QED) is 0.913. The van der Waals surface area contributed by atoms with Gasteiger partial charge in [0.15, 0.2) is 0 Å². The molecule has 1 atom stereocenters. The van der Waals surface area contributed by atoms with Crippen LogP contribution in [0, 0.1) is 0 Å². The molecule has 2 heterocycles. The molecule has 0 bridgehead atoms. The highest BCUT2D eigenvalue weighted by Gasteiger charge is 2.25. The van der Waals surface area contributed by atoms with Crippen LogP contribution >= 0.6 is 11.3 Å². The van der Waals surface area contributed by atoms with Gasteiger partial charge in [0.25, 0.3) is 0 Å². The summed E-state index contributed by atoms with van der Waals surface area (Å²) in [6.45, 7) is 11.6. The van der Waals surface area contributed by atoms with Crippen LogP contribution in [0.25, 0.3) is 0 Å². The van der Waals surface area contributed by atoms with Crippen molar-refractivity contribution in [1.29, 1.82) is 0 Å². The highest BCUT2D eigenvalue weighted by molar-refractivity contribution is 7.09. The average Bonchev–Trinajstić information content (AvgIpc) is 2.79. The number of hydrogen-bond donors (Lipinski definition) is 1. The predicted molar refractivity (Wildman–Crippen MR) is 81.6 cm³/mol.